The van der Waals surface area contributed by atoms with E-state index < -0.39 is 11.7 Å². The molecule has 0 amide bonds. The van der Waals surface area contributed by atoms with Crippen molar-refractivity contribution in [2.45, 2.75) is 18.3 Å². The number of rotatable bonds is 1. The first-order valence-electron chi connectivity index (χ1n) is 3.40. The van der Waals surface area contributed by atoms with Gasteiger partial charge in [-0.2, -0.15) is 13.2 Å². The predicted molar refractivity (Wildman–Crippen MR) is 43.6 cm³/mol. The molecule has 0 aliphatic rings. The quantitative estimate of drug-likeness (QED) is 0.524. The first-order chi connectivity index (χ1) is 5.95. The van der Waals surface area contributed by atoms with Crippen molar-refractivity contribution in [2.75, 3.05) is 6.26 Å². The van der Waals surface area contributed by atoms with E-state index in [0.29, 0.717) is 5.16 Å². The van der Waals surface area contributed by atoms with Crippen LogP contribution in [0, 0.1) is 6.92 Å². The van der Waals surface area contributed by atoms with Crippen LogP contribution in [0.25, 0.3) is 0 Å². The van der Waals surface area contributed by atoms with Crippen molar-refractivity contribution in [1.82, 2.24) is 9.97 Å². The van der Waals surface area contributed by atoms with Gasteiger partial charge in [0.25, 0.3) is 0 Å². The third-order valence-electron chi connectivity index (χ3n) is 1.45. The molecule has 0 saturated heterocycles. The smallest absolute Gasteiger partial charge is 0.230 e. The number of halogens is 3. The van der Waals surface area contributed by atoms with Crippen LogP contribution in [0.4, 0.5) is 13.2 Å². The SMILES string of the molecule is CSc1ncc(C(F)(F)F)c(C)n1. The van der Waals surface area contributed by atoms with Gasteiger partial charge >= 0.3 is 6.18 Å². The van der Waals surface area contributed by atoms with Crippen molar-refractivity contribution in [3.05, 3.63) is 17.5 Å². The van der Waals surface area contributed by atoms with Crippen molar-refractivity contribution < 1.29 is 13.2 Å². The van der Waals surface area contributed by atoms with E-state index in [1.165, 1.54) is 18.7 Å². The molecule has 0 radical (unpaired) electrons. The van der Waals surface area contributed by atoms with Crippen molar-refractivity contribution in [3.63, 3.8) is 0 Å². The van der Waals surface area contributed by atoms with Gasteiger partial charge in [0.05, 0.1) is 11.3 Å². The molecule has 0 unspecified atom stereocenters. The summed E-state index contributed by atoms with van der Waals surface area (Å²) in [6.45, 7) is 1.32. The lowest BCUT2D eigenvalue weighted by Gasteiger charge is -2.08. The molecule has 0 aliphatic carbocycles. The van der Waals surface area contributed by atoms with Gasteiger partial charge in [-0.05, 0) is 13.2 Å². The van der Waals surface area contributed by atoms with Gasteiger partial charge < -0.3 is 0 Å². The number of hydrogen-bond donors (Lipinski definition) is 0. The highest BCUT2D eigenvalue weighted by Crippen LogP contribution is 2.30. The lowest BCUT2D eigenvalue weighted by molar-refractivity contribution is -0.138. The predicted octanol–water partition coefficient (Wildman–Crippen LogP) is 2.53. The molecule has 0 aromatic carbocycles. The molecule has 0 saturated carbocycles. The van der Waals surface area contributed by atoms with E-state index in [1.54, 1.807) is 6.26 Å². The zero-order valence-electron chi connectivity index (χ0n) is 7.01. The average Bonchev–Trinajstić information content (AvgIpc) is 2.01. The molecule has 1 rings (SSSR count). The molecule has 1 heterocycles. The molecule has 0 fully saturated rings. The van der Waals surface area contributed by atoms with Crippen molar-refractivity contribution in [2.24, 2.45) is 0 Å². The molecular formula is C7H7F3N2S. The molecule has 1 aromatic heterocycles. The summed E-state index contributed by atoms with van der Waals surface area (Å²) in [5, 5.41) is 0.352. The standard InChI is InChI=1S/C7H7F3N2S/c1-4-5(7(8,9)10)3-11-6(12-4)13-2/h3H,1-2H3. The Morgan fingerprint density at radius 1 is 1.38 bits per heavy atom. The van der Waals surface area contributed by atoms with Gasteiger partial charge in [0.1, 0.15) is 0 Å². The summed E-state index contributed by atoms with van der Waals surface area (Å²) in [4.78, 5) is 7.25. The molecule has 0 bridgehead atoms. The zero-order chi connectivity index (χ0) is 10.1. The molecule has 0 N–H and O–H groups in total. The third kappa shape index (κ3) is 2.33. The van der Waals surface area contributed by atoms with Crippen LogP contribution in [-0.2, 0) is 6.18 Å². The molecule has 0 atom stereocenters. The van der Waals surface area contributed by atoms with Crippen LogP contribution < -0.4 is 0 Å². The molecule has 13 heavy (non-hydrogen) atoms. The Kier molecular flexibility index (Phi) is 2.80. The van der Waals surface area contributed by atoms with Crippen LogP contribution in [0.15, 0.2) is 11.4 Å². The maximum atomic E-state index is 12.2. The van der Waals surface area contributed by atoms with E-state index >= 15 is 0 Å². The molecular weight excluding hydrogens is 201 g/mol. The third-order valence-corrected chi connectivity index (χ3v) is 2.01. The second-order valence-corrected chi connectivity index (χ2v) is 3.13. The first kappa shape index (κ1) is 10.3. The van der Waals surface area contributed by atoms with Gasteiger partial charge in [0, 0.05) is 6.20 Å². The Bertz CT molecular complexity index is 311. The lowest BCUT2D eigenvalue weighted by atomic mass is 10.2. The summed E-state index contributed by atoms with van der Waals surface area (Å²) in [7, 11) is 0. The lowest BCUT2D eigenvalue weighted by Crippen LogP contribution is -2.09. The van der Waals surface area contributed by atoms with E-state index in [9.17, 15) is 13.2 Å². The Morgan fingerprint density at radius 3 is 2.38 bits per heavy atom. The maximum Gasteiger partial charge on any atom is 0.419 e. The summed E-state index contributed by atoms with van der Waals surface area (Å²) in [6.07, 6.45) is -1.84. The topological polar surface area (TPSA) is 25.8 Å². The number of thioether (sulfide) groups is 1. The van der Waals surface area contributed by atoms with Crippen LogP contribution in [0.3, 0.4) is 0 Å². The first-order valence-corrected chi connectivity index (χ1v) is 4.62. The monoisotopic (exact) mass is 208 g/mol. The summed E-state index contributed by atoms with van der Waals surface area (Å²) >= 11 is 1.21. The normalized spacial score (nSPS) is 11.8. The van der Waals surface area contributed by atoms with Gasteiger partial charge in [-0.25, -0.2) is 9.97 Å². The van der Waals surface area contributed by atoms with Crippen molar-refractivity contribution >= 4 is 11.8 Å². The van der Waals surface area contributed by atoms with Crippen LogP contribution in [-0.4, -0.2) is 16.2 Å². The minimum atomic E-state index is -4.36. The summed E-state index contributed by atoms with van der Waals surface area (Å²) < 4.78 is 36.6. The van der Waals surface area contributed by atoms with Gasteiger partial charge in [-0.15, -0.1) is 0 Å². The van der Waals surface area contributed by atoms with Gasteiger partial charge in [0.2, 0.25) is 0 Å². The van der Waals surface area contributed by atoms with E-state index in [4.69, 9.17) is 0 Å². The Morgan fingerprint density at radius 2 is 2.00 bits per heavy atom. The van der Waals surface area contributed by atoms with Crippen LogP contribution >= 0.6 is 11.8 Å². The average molecular weight is 208 g/mol. The summed E-state index contributed by atoms with van der Waals surface area (Å²) in [6, 6.07) is 0. The Hall–Kier alpha value is -0.780. The minimum Gasteiger partial charge on any atom is -0.230 e. The van der Waals surface area contributed by atoms with Crippen LogP contribution in [0.2, 0.25) is 0 Å². The number of aromatic nitrogens is 2. The fourth-order valence-corrected chi connectivity index (χ4v) is 1.21. The Balaban J connectivity index is 3.13. The van der Waals surface area contributed by atoms with Crippen LogP contribution in [0.5, 0.6) is 0 Å². The molecule has 6 heteroatoms. The second-order valence-electron chi connectivity index (χ2n) is 2.35. The van der Waals surface area contributed by atoms with Gasteiger partial charge in [-0.3, -0.25) is 0 Å². The molecule has 0 spiro atoms. The van der Waals surface area contributed by atoms with Gasteiger partial charge in [-0.1, -0.05) is 11.8 Å². The number of hydrogen-bond acceptors (Lipinski definition) is 3. The summed E-state index contributed by atoms with van der Waals surface area (Å²) in [5.41, 5.74) is -0.808. The van der Waals surface area contributed by atoms with E-state index in [-0.39, 0.29) is 5.69 Å². The fourth-order valence-electron chi connectivity index (χ4n) is 0.822. The molecule has 1 aromatic rings. The second kappa shape index (κ2) is 3.53. The minimum absolute atomic E-state index is 0.0353. The van der Waals surface area contributed by atoms with E-state index in [0.717, 1.165) is 6.20 Å². The highest BCUT2D eigenvalue weighted by molar-refractivity contribution is 7.98. The Labute approximate surface area is 77.6 Å². The molecule has 2 nitrogen and oxygen atoms in total. The highest BCUT2D eigenvalue weighted by atomic mass is 32.2. The summed E-state index contributed by atoms with van der Waals surface area (Å²) in [5.74, 6) is 0. The highest BCUT2D eigenvalue weighted by Gasteiger charge is 2.33. The van der Waals surface area contributed by atoms with E-state index in [1.807, 2.05) is 0 Å². The fraction of sp³-hybridized carbons (Fsp3) is 0.429. The van der Waals surface area contributed by atoms with Gasteiger partial charge in [0.15, 0.2) is 5.16 Å². The number of nitrogens with zero attached hydrogens (tertiary/aromatic N) is 2. The molecule has 72 valence electrons. The number of alkyl halides is 3. The van der Waals surface area contributed by atoms with Crippen molar-refractivity contribution in [3.8, 4) is 0 Å². The van der Waals surface area contributed by atoms with E-state index in [2.05, 4.69) is 9.97 Å². The zero-order valence-corrected chi connectivity index (χ0v) is 7.83. The maximum absolute atomic E-state index is 12.2. The van der Waals surface area contributed by atoms with Crippen molar-refractivity contribution in [1.29, 1.82) is 0 Å². The molecule has 0 aliphatic heterocycles. The number of aryl methyl sites for hydroxylation is 1. The largest absolute Gasteiger partial charge is 0.419 e. The van der Waals surface area contributed by atoms with Crippen LogP contribution in [0.1, 0.15) is 11.3 Å².